The Bertz CT molecular complexity index is 801. The van der Waals surface area contributed by atoms with Crippen LogP contribution >= 0.6 is 11.6 Å². The number of nitrogens with zero attached hydrogens (tertiary/aromatic N) is 2. The molecule has 0 saturated heterocycles. The zero-order valence-corrected chi connectivity index (χ0v) is 15.3. The normalized spacial score (nSPS) is 19.9. The highest BCUT2D eigenvalue weighted by atomic mass is 35.5. The van der Waals surface area contributed by atoms with Crippen molar-refractivity contribution in [1.82, 2.24) is 9.78 Å². The van der Waals surface area contributed by atoms with Crippen LogP contribution in [0.4, 0.5) is 5.82 Å². The molecule has 1 N–H and O–H groups in total. The molecule has 3 rings (SSSR count). The predicted octanol–water partition coefficient (Wildman–Crippen LogP) is 2.39. The Labute approximate surface area is 157 Å². The van der Waals surface area contributed by atoms with Gasteiger partial charge in [-0.3, -0.25) is 9.48 Å². The second-order valence-corrected chi connectivity index (χ2v) is 7.20. The van der Waals surface area contributed by atoms with Gasteiger partial charge in [0, 0.05) is 34.6 Å². The minimum atomic E-state index is -1.14. The van der Waals surface area contributed by atoms with Gasteiger partial charge in [-0.05, 0) is 37.5 Å². The van der Waals surface area contributed by atoms with Crippen molar-refractivity contribution in [3.8, 4) is 0 Å². The number of amides is 1. The van der Waals surface area contributed by atoms with E-state index in [1.807, 2.05) is 31.2 Å². The number of rotatable bonds is 5. The molecule has 1 aliphatic carbocycles. The second kappa shape index (κ2) is 7.91. The van der Waals surface area contributed by atoms with Crippen LogP contribution in [0.3, 0.4) is 0 Å². The first-order chi connectivity index (χ1) is 12.4. The third-order valence-electron chi connectivity index (χ3n) is 4.88. The maximum atomic E-state index is 12.5. The number of nitrogens with one attached hydrogen (secondary N) is 1. The van der Waals surface area contributed by atoms with Gasteiger partial charge in [-0.2, -0.15) is 5.10 Å². The van der Waals surface area contributed by atoms with Crippen molar-refractivity contribution in [3.63, 3.8) is 0 Å². The van der Waals surface area contributed by atoms with Crippen LogP contribution in [0.5, 0.6) is 0 Å². The van der Waals surface area contributed by atoms with Crippen LogP contribution in [0, 0.1) is 18.8 Å². The quantitative estimate of drug-likeness (QED) is 0.870. The number of carbonyl (C=O) groups excluding carboxylic acids is 2. The summed E-state index contributed by atoms with van der Waals surface area (Å²) in [5, 5.41) is 19.2. The van der Waals surface area contributed by atoms with E-state index in [2.05, 4.69) is 10.4 Å². The van der Waals surface area contributed by atoms with Crippen LogP contribution in [-0.4, -0.2) is 21.7 Å². The number of hydrogen-bond donors (Lipinski definition) is 1. The smallest absolute Gasteiger partial charge is 0.229 e. The molecule has 7 heteroatoms. The summed E-state index contributed by atoms with van der Waals surface area (Å²) in [6.07, 6.45) is 2.72. The highest BCUT2D eigenvalue weighted by molar-refractivity contribution is 6.30. The Balaban J connectivity index is 1.69. The second-order valence-electron chi connectivity index (χ2n) is 6.76. The van der Waals surface area contributed by atoms with Crippen molar-refractivity contribution in [1.29, 1.82) is 0 Å². The van der Waals surface area contributed by atoms with Crippen LogP contribution in [-0.2, 0) is 16.1 Å². The van der Waals surface area contributed by atoms with Gasteiger partial charge in [0.05, 0.1) is 6.54 Å². The summed E-state index contributed by atoms with van der Waals surface area (Å²) in [6, 6.07) is 9.27. The summed E-state index contributed by atoms with van der Waals surface area (Å²) in [5.41, 5.74) is 1.94. The third kappa shape index (κ3) is 4.25. The van der Waals surface area contributed by atoms with Crippen LogP contribution in [0.2, 0.25) is 5.02 Å². The van der Waals surface area contributed by atoms with Crippen LogP contribution in [0.15, 0.2) is 30.3 Å². The molecular weight excluding hydrogens is 354 g/mol. The molecule has 1 fully saturated rings. The maximum absolute atomic E-state index is 12.5. The fourth-order valence-electron chi connectivity index (χ4n) is 3.44. The molecule has 6 nitrogen and oxygen atoms in total. The summed E-state index contributed by atoms with van der Waals surface area (Å²) in [7, 11) is 0. The molecule has 1 aromatic heterocycles. The Kier molecular flexibility index (Phi) is 5.61. The Hall–Kier alpha value is -2.34. The summed E-state index contributed by atoms with van der Waals surface area (Å²) in [6.45, 7) is 2.47. The summed E-state index contributed by atoms with van der Waals surface area (Å²) in [4.78, 5) is 23.8. The number of carboxylic acids is 1. The fraction of sp³-hybridized carbons (Fsp3) is 0.421. The minimum Gasteiger partial charge on any atom is -0.550 e. The molecule has 138 valence electrons. The van der Waals surface area contributed by atoms with Crippen LogP contribution < -0.4 is 10.4 Å². The first-order valence-electron chi connectivity index (χ1n) is 8.74. The fourth-order valence-corrected chi connectivity index (χ4v) is 3.57. The molecule has 1 saturated carbocycles. The topological polar surface area (TPSA) is 87.1 Å². The molecule has 1 heterocycles. The molecule has 2 unspecified atom stereocenters. The van der Waals surface area contributed by atoms with E-state index < -0.39 is 17.8 Å². The highest BCUT2D eigenvalue weighted by Gasteiger charge is 2.32. The van der Waals surface area contributed by atoms with E-state index in [9.17, 15) is 14.7 Å². The SMILES string of the molecule is Cc1cc(NC(=O)C2CCCCC2C(=O)[O-])nn1Cc1ccc(Cl)cc1. The lowest BCUT2D eigenvalue weighted by Crippen LogP contribution is -2.42. The van der Waals surface area contributed by atoms with Gasteiger partial charge in [-0.25, -0.2) is 0 Å². The van der Waals surface area contributed by atoms with Crippen molar-refractivity contribution < 1.29 is 14.7 Å². The molecule has 0 spiro atoms. The summed E-state index contributed by atoms with van der Waals surface area (Å²) in [5.74, 6) is -2.29. The molecule has 0 bridgehead atoms. The van der Waals surface area contributed by atoms with Gasteiger partial charge >= 0.3 is 0 Å². The lowest BCUT2D eigenvalue weighted by molar-refractivity contribution is -0.313. The largest absolute Gasteiger partial charge is 0.550 e. The van der Waals surface area contributed by atoms with E-state index >= 15 is 0 Å². The minimum absolute atomic E-state index is 0.296. The highest BCUT2D eigenvalue weighted by Crippen LogP contribution is 2.30. The van der Waals surface area contributed by atoms with Gasteiger partial charge < -0.3 is 15.2 Å². The number of aliphatic carboxylic acids is 1. The molecule has 0 radical (unpaired) electrons. The molecular formula is C19H21ClN3O3-. The molecule has 0 aliphatic heterocycles. The first kappa shape index (κ1) is 18.5. The number of hydrogen-bond acceptors (Lipinski definition) is 4. The first-order valence-corrected chi connectivity index (χ1v) is 9.12. The number of carbonyl (C=O) groups is 2. The standard InChI is InChI=1S/C19H22ClN3O3/c1-12-10-17(22-23(12)11-13-6-8-14(20)9-7-13)21-18(24)15-4-2-3-5-16(15)19(25)26/h6-10,15-16H,2-5,11H2,1H3,(H,25,26)(H,21,22,24)/p-1. The molecule has 1 amide bonds. The Morgan fingerprint density at radius 1 is 1.23 bits per heavy atom. The van der Waals surface area contributed by atoms with Gasteiger partial charge in [0.1, 0.15) is 0 Å². The van der Waals surface area contributed by atoms with Crippen LogP contribution in [0.25, 0.3) is 0 Å². The van der Waals surface area contributed by atoms with Crippen LogP contribution in [0.1, 0.15) is 36.9 Å². The monoisotopic (exact) mass is 374 g/mol. The lowest BCUT2D eigenvalue weighted by Gasteiger charge is -2.30. The zero-order chi connectivity index (χ0) is 18.7. The van der Waals surface area contributed by atoms with Crippen molar-refractivity contribution in [2.24, 2.45) is 11.8 Å². The zero-order valence-electron chi connectivity index (χ0n) is 14.6. The van der Waals surface area contributed by atoms with Crippen molar-refractivity contribution in [2.75, 3.05) is 5.32 Å². The van der Waals surface area contributed by atoms with E-state index in [4.69, 9.17) is 11.6 Å². The molecule has 2 aromatic rings. The van der Waals surface area contributed by atoms with E-state index in [1.165, 1.54) is 0 Å². The number of carboxylic acid groups (broad SMARTS) is 1. The third-order valence-corrected chi connectivity index (χ3v) is 5.14. The van der Waals surface area contributed by atoms with E-state index in [1.54, 1.807) is 10.7 Å². The van der Waals surface area contributed by atoms with Gasteiger partial charge in [0.25, 0.3) is 0 Å². The predicted molar refractivity (Wildman–Crippen MR) is 96.6 cm³/mol. The van der Waals surface area contributed by atoms with Gasteiger partial charge in [-0.1, -0.05) is 36.6 Å². The molecule has 2 atom stereocenters. The number of anilines is 1. The maximum Gasteiger partial charge on any atom is 0.229 e. The van der Waals surface area contributed by atoms with Crippen molar-refractivity contribution in [3.05, 3.63) is 46.6 Å². The van der Waals surface area contributed by atoms with E-state index in [0.29, 0.717) is 30.2 Å². The van der Waals surface area contributed by atoms with Crippen molar-refractivity contribution in [2.45, 2.75) is 39.2 Å². The van der Waals surface area contributed by atoms with Crippen molar-refractivity contribution >= 4 is 29.3 Å². The van der Waals surface area contributed by atoms with Gasteiger partial charge in [0.2, 0.25) is 5.91 Å². The molecule has 26 heavy (non-hydrogen) atoms. The average Bonchev–Trinajstić information content (AvgIpc) is 2.96. The van der Waals surface area contributed by atoms with Gasteiger partial charge in [-0.15, -0.1) is 0 Å². The molecule has 1 aromatic carbocycles. The number of benzene rings is 1. The van der Waals surface area contributed by atoms with E-state index in [0.717, 1.165) is 24.1 Å². The number of halogens is 1. The number of aryl methyl sites for hydroxylation is 1. The summed E-state index contributed by atoms with van der Waals surface area (Å²) < 4.78 is 1.79. The summed E-state index contributed by atoms with van der Waals surface area (Å²) >= 11 is 5.90. The number of aromatic nitrogens is 2. The van der Waals surface area contributed by atoms with E-state index in [-0.39, 0.29) is 5.91 Å². The van der Waals surface area contributed by atoms with Gasteiger partial charge in [0.15, 0.2) is 5.82 Å². The molecule has 1 aliphatic rings. The lowest BCUT2D eigenvalue weighted by atomic mass is 9.79. The Morgan fingerprint density at radius 2 is 1.88 bits per heavy atom. The average molecular weight is 375 g/mol. The Morgan fingerprint density at radius 3 is 2.54 bits per heavy atom.